The normalized spacial score (nSPS) is 27.6. The van der Waals surface area contributed by atoms with E-state index in [1.165, 1.54) is 11.8 Å². The van der Waals surface area contributed by atoms with Gasteiger partial charge < -0.3 is 25.7 Å². The van der Waals surface area contributed by atoms with Crippen LogP contribution in [0.25, 0.3) is 0 Å². The number of rotatable bonds is 5. The number of likely N-dealkylation sites (tertiary alicyclic amines) is 1. The summed E-state index contributed by atoms with van der Waals surface area (Å²) >= 11 is 0. The second-order valence-corrected chi connectivity index (χ2v) is 8.11. The number of amides is 4. The summed E-state index contributed by atoms with van der Waals surface area (Å²) in [7, 11) is 0. The first-order valence-corrected chi connectivity index (χ1v) is 9.71. The standard InChI is InChI=1S/C18H28N4O6/c1-11-16(26)22(9-8-21(11)17(27)28)12(15(19)25)2-3-14(24)20-7-6-18(4-5-18)13(23)10-20/h11-13,23H,2-10H2,1H3,(H2,19,25)(H,27,28)/t11-,12-,13+/m0/s1. The molecule has 0 radical (unpaired) electrons. The van der Waals surface area contributed by atoms with Crippen molar-refractivity contribution in [3.8, 4) is 0 Å². The Morgan fingerprint density at radius 1 is 1.21 bits per heavy atom. The lowest BCUT2D eigenvalue weighted by Gasteiger charge is -2.41. The molecule has 2 aliphatic heterocycles. The van der Waals surface area contributed by atoms with Crippen molar-refractivity contribution in [1.29, 1.82) is 0 Å². The highest BCUT2D eigenvalue weighted by Crippen LogP contribution is 2.53. The Labute approximate surface area is 163 Å². The van der Waals surface area contributed by atoms with Crippen LogP contribution in [0.2, 0.25) is 0 Å². The molecule has 156 valence electrons. The molecule has 1 aliphatic carbocycles. The molecule has 4 N–H and O–H groups in total. The Balaban J connectivity index is 1.58. The van der Waals surface area contributed by atoms with Gasteiger partial charge in [-0.3, -0.25) is 19.3 Å². The van der Waals surface area contributed by atoms with Crippen molar-refractivity contribution in [3.05, 3.63) is 0 Å². The number of aliphatic hydroxyl groups excluding tert-OH is 1. The number of β-amino-alcohol motifs (C(OH)–C–C–N with tert-alkyl or cyclic N) is 1. The summed E-state index contributed by atoms with van der Waals surface area (Å²) in [5.74, 6) is -1.38. The van der Waals surface area contributed by atoms with Crippen LogP contribution in [-0.2, 0) is 14.4 Å². The lowest BCUT2D eigenvalue weighted by molar-refractivity contribution is -0.148. The molecule has 1 saturated carbocycles. The Morgan fingerprint density at radius 3 is 2.43 bits per heavy atom. The number of hydrogen-bond acceptors (Lipinski definition) is 5. The van der Waals surface area contributed by atoms with Crippen LogP contribution in [0.3, 0.4) is 0 Å². The molecule has 1 spiro atoms. The summed E-state index contributed by atoms with van der Waals surface area (Å²) in [5.41, 5.74) is 5.47. The third kappa shape index (κ3) is 3.78. The van der Waals surface area contributed by atoms with Crippen LogP contribution < -0.4 is 5.73 Å². The third-order valence-corrected chi connectivity index (χ3v) is 6.50. The minimum atomic E-state index is -1.19. The Kier molecular flexibility index (Phi) is 5.51. The molecular formula is C18H28N4O6. The Hall–Kier alpha value is -2.36. The summed E-state index contributed by atoms with van der Waals surface area (Å²) in [4.78, 5) is 52.1. The van der Waals surface area contributed by atoms with Gasteiger partial charge in [0, 0.05) is 32.6 Å². The third-order valence-electron chi connectivity index (χ3n) is 6.50. The maximum atomic E-state index is 12.5. The van der Waals surface area contributed by atoms with Crippen LogP contribution in [0.15, 0.2) is 0 Å². The highest BCUT2D eigenvalue weighted by atomic mass is 16.4. The zero-order valence-electron chi connectivity index (χ0n) is 16.0. The van der Waals surface area contributed by atoms with Crippen molar-refractivity contribution in [3.63, 3.8) is 0 Å². The molecule has 0 aromatic heterocycles. The van der Waals surface area contributed by atoms with Crippen molar-refractivity contribution in [2.75, 3.05) is 26.2 Å². The first-order valence-electron chi connectivity index (χ1n) is 9.71. The molecule has 0 aromatic rings. The van der Waals surface area contributed by atoms with Gasteiger partial charge in [-0.25, -0.2) is 4.79 Å². The first-order chi connectivity index (χ1) is 13.2. The molecule has 28 heavy (non-hydrogen) atoms. The zero-order chi connectivity index (χ0) is 20.6. The van der Waals surface area contributed by atoms with Crippen molar-refractivity contribution < 1.29 is 29.4 Å². The first kappa shape index (κ1) is 20.4. The van der Waals surface area contributed by atoms with Crippen LogP contribution in [0.5, 0.6) is 0 Å². The smallest absolute Gasteiger partial charge is 0.408 e. The van der Waals surface area contributed by atoms with Gasteiger partial charge >= 0.3 is 6.09 Å². The SMILES string of the molecule is C[C@H]1C(=O)N([C@@H](CCC(=O)N2CCC3(CC3)[C@H](O)C2)C(N)=O)CCN1C(=O)O. The van der Waals surface area contributed by atoms with E-state index in [0.717, 1.165) is 24.2 Å². The van der Waals surface area contributed by atoms with E-state index in [-0.39, 0.29) is 37.3 Å². The molecule has 3 rings (SSSR count). The van der Waals surface area contributed by atoms with E-state index < -0.39 is 36.1 Å². The average molecular weight is 396 g/mol. The highest BCUT2D eigenvalue weighted by molar-refractivity contribution is 5.91. The second kappa shape index (κ2) is 7.57. The fraction of sp³-hybridized carbons (Fsp3) is 0.778. The van der Waals surface area contributed by atoms with E-state index in [1.807, 2.05) is 0 Å². The van der Waals surface area contributed by atoms with Crippen molar-refractivity contribution in [2.45, 2.75) is 57.2 Å². The fourth-order valence-electron chi connectivity index (χ4n) is 4.32. The van der Waals surface area contributed by atoms with Crippen LogP contribution >= 0.6 is 0 Å². The van der Waals surface area contributed by atoms with Gasteiger partial charge in [0.15, 0.2) is 0 Å². The summed E-state index contributed by atoms with van der Waals surface area (Å²) in [5, 5.41) is 19.4. The zero-order valence-corrected chi connectivity index (χ0v) is 16.0. The molecule has 3 atom stereocenters. The minimum Gasteiger partial charge on any atom is -0.465 e. The van der Waals surface area contributed by atoms with Crippen molar-refractivity contribution in [1.82, 2.24) is 14.7 Å². The molecule has 3 aliphatic rings. The predicted molar refractivity (Wildman–Crippen MR) is 97.0 cm³/mol. The molecule has 0 aromatic carbocycles. The Bertz CT molecular complexity index is 679. The van der Waals surface area contributed by atoms with E-state index in [4.69, 9.17) is 10.8 Å². The number of piperazine rings is 1. The number of carbonyl (C=O) groups is 4. The molecule has 10 heteroatoms. The van der Waals surface area contributed by atoms with E-state index in [0.29, 0.717) is 13.1 Å². The predicted octanol–water partition coefficient (Wildman–Crippen LogP) is -0.795. The summed E-state index contributed by atoms with van der Waals surface area (Å²) in [6.45, 7) is 2.49. The molecule has 2 heterocycles. The molecule has 2 saturated heterocycles. The molecule has 0 unspecified atom stereocenters. The van der Waals surface area contributed by atoms with Gasteiger partial charge in [-0.15, -0.1) is 0 Å². The van der Waals surface area contributed by atoms with Gasteiger partial charge in [0.25, 0.3) is 0 Å². The van der Waals surface area contributed by atoms with Gasteiger partial charge in [0.2, 0.25) is 17.7 Å². The maximum Gasteiger partial charge on any atom is 0.408 e. The lowest BCUT2D eigenvalue weighted by Crippen LogP contribution is -2.62. The monoisotopic (exact) mass is 396 g/mol. The molecular weight excluding hydrogens is 368 g/mol. The quantitative estimate of drug-likeness (QED) is 0.555. The van der Waals surface area contributed by atoms with Gasteiger partial charge in [-0.2, -0.15) is 0 Å². The second-order valence-electron chi connectivity index (χ2n) is 8.11. The van der Waals surface area contributed by atoms with Crippen LogP contribution in [0.1, 0.15) is 39.0 Å². The molecule has 3 fully saturated rings. The van der Waals surface area contributed by atoms with Gasteiger partial charge in [0.05, 0.1) is 6.10 Å². The van der Waals surface area contributed by atoms with Crippen LogP contribution in [0.4, 0.5) is 4.79 Å². The summed E-state index contributed by atoms with van der Waals surface area (Å²) in [6.07, 6.45) is 1.20. The minimum absolute atomic E-state index is 0.00108. The average Bonchev–Trinajstić information content (AvgIpc) is 3.41. The molecule has 10 nitrogen and oxygen atoms in total. The topological polar surface area (TPSA) is 144 Å². The van der Waals surface area contributed by atoms with E-state index in [1.54, 1.807) is 4.90 Å². The van der Waals surface area contributed by atoms with Crippen LogP contribution in [0, 0.1) is 5.41 Å². The number of nitrogens with zero attached hydrogens (tertiary/aromatic N) is 3. The van der Waals surface area contributed by atoms with Crippen LogP contribution in [-0.4, -0.2) is 93.1 Å². The highest BCUT2D eigenvalue weighted by Gasteiger charge is 2.51. The number of nitrogens with two attached hydrogens (primary N) is 1. The maximum absolute atomic E-state index is 12.5. The number of primary amides is 1. The summed E-state index contributed by atoms with van der Waals surface area (Å²) in [6, 6.07) is -1.87. The number of piperidine rings is 1. The number of carbonyl (C=O) groups excluding carboxylic acids is 3. The van der Waals surface area contributed by atoms with Gasteiger partial charge in [0.1, 0.15) is 12.1 Å². The number of carboxylic acid groups (broad SMARTS) is 1. The molecule has 4 amide bonds. The lowest BCUT2D eigenvalue weighted by atomic mass is 9.90. The Morgan fingerprint density at radius 2 is 1.89 bits per heavy atom. The van der Waals surface area contributed by atoms with E-state index in [9.17, 15) is 24.3 Å². The van der Waals surface area contributed by atoms with Gasteiger partial charge in [-0.05, 0) is 38.0 Å². The fourth-order valence-corrected chi connectivity index (χ4v) is 4.32. The van der Waals surface area contributed by atoms with E-state index in [2.05, 4.69) is 0 Å². The number of hydrogen-bond donors (Lipinski definition) is 3. The largest absolute Gasteiger partial charge is 0.465 e. The molecule has 0 bridgehead atoms. The van der Waals surface area contributed by atoms with Crippen molar-refractivity contribution >= 4 is 23.8 Å². The summed E-state index contributed by atoms with van der Waals surface area (Å²) < 4.78 is 0. The van der Waals surface area contributed by atoms with Crippen molar-refractivity contribution in [2.24, 2.45) is 11.1 Å². The number of aliphatic hydroxyl groups is 1. The van der Waals surface area contributed by atoms with E-state index >= 15 is 0 Å². The van der Waals surface area contributed by atoms with Gasteiger partial charge in [-0.1, -0.05) is 0 Å².